The number of hydrogen-bond acceptors (Lipinski definition) is 7. The van der Waals surface area contributed by atoms with Gasteiger partial charge in [0.15, 0.2) is 5.16 Å². The lowest BCUT2D eigenvalue weighted by molar-refractivity contribution is 0.0520. The highest BCUT2D eigenvalue weighted by atomic mass is 32.2. The Morgan fingerprint density at radius 1 is 1.14 bits per heavy atom. The number of nitrogens with one attached hydrogen (secondary N) is 1. The van der Waals surface area contributed by atoms with Crippen LogP contribution in [0.5, 0.6) is 0 Å². The van der Waals surface area contributed by atoms with Crippen molar-refractivity contribution in [2.24, 2.45) is 0 Å². The van der Waals surface area contributed by atoms with E-state index < -0.39 is 0 Å². The first-order chi connectivity index (χ1) is 14.1. The predicted molar refractivity (Wildman–Crippen MR) is 114 cm³/mol. The Bertz CT molecular complexity index is 1030. The molecule has 0 bridgehead atoms. The average molecular weight is 404 g/mol. The van der Waals surface area contributed by atoms with Gasteiger partial charge < -0.3 is 10.1 Å². The highest BCUT2D eigenvalue weighted by Crippen LogP contribution is 2.28. The van der Waals surface area contributed by atoms with Gasteiger partial charge in [-0.3, -0.25) is 0 Å². The van der Waals surface area contributed by atoms with E-state index in [1.54, 1.807) is 12.1 Å². The predicted octanol–water partition coefficient (Wildman–Crippen LogP) is 4.31. The van der Waals surface area contributed by atoms with E-state index in [0.717, 1.165) is 11.1 Å². The normalized spacial score (nSPS) is 10.2. The van der Waals surface area contributed by atoms with Crippen LogP contribution in [0.3, 0.4) is 0 Å². The summed E-state index contributed by atoms with van der Waals surface area (Å²) in [5.41, 5.74) is 3.36. The zero-order valence-corrected chi connectivity index (χ0v) is 17.0. The van der Waals surface area contributed by atoms with Crippen molar-refractivity contribution in [2.75, 3.05) is 24.7 Å². The molecule has 0 saturated heterocycles. The summed E-state index contributed by atoms with van der Waals surface area (Å²) >= 11 is 1.40. The molecule has 2 aromatic carbocycles. The van der Waals surface area contributed by atoms with Gasteiger partial charge in [0.05, 0.1) is 17.8 Å². The van der Waals surface area contributed by atoms with Gasteiger partial charge in [0, 0.05) is 5.56 Å². The maximum atomic E-state index is 12.1. The van der Waals surface area contributed by atoms with Crippen LogP contribution < -0.4 is 5.32 Å². The number of nitriles is 1. The fraction of sp³-hybridized carbons (Fsp3) is 0.182. The van der Waals surface area contributed by atoms with Gasteiger partial charge in [-0.2, -0.15) is 5.26 Å². The molecular weight excluding hydrogens is 384 g/mol. The number of anilines is 1. The molecule has 0 aliphatic carbocycles. The molecule has 1 N–H and O–H groups in total. The molecule has 0 aliphatic rings. The van der Waals surface area contributed by atoms with Gasteiger partial charge in [-0.25, -0.2) is 14.8 Å². The summed E-state index contributed by atoms with van der Waals surface area (Å²) in [5.74, 6) is 0.0434. The SMILES string of the molecule is CSc1nc(NCCOC(=O)c2ccc(C)cc2)c(C#N)c(-c2ccccc2)n1. The Labute approximate surface area is 174 Å². The van der Waals surface area contributed by atoms with Gasteiger partial charge in [0.1, 0.15) is 24.1 Å². The van der Waals surface area contributed by atoms with Crippen LogP contribution in [0.1, 0.15) is 21.5 Å². The van der Waals surface area contributed by atoms with Crippen LogP contribution in [0.25, 0.3) is 11.3 Å². The van der Waals surface area contributed by atoms with E-state index in [-0.39, 0.29) is 12.6 Å². The Morgan fingerprint density at radius 2 is 1.86 bits per heavy atom. The van der Waals surface area contributed by atoms with Crippen molar-refractivity contribution in [3.8, 4) is 17.3 Å². The molecule has 0 unspecified atom stereocenters. The summed E-state index contributed by atoms with van der Waals surface area (Å²) in [7, 11) is 0. The molecule has 0 amide bonds. The minimum Gasteiger partial charge on any atom is -0.460 e. The number of benzene rings is 2. The second-order valence-corrected chi connectivity index (χ2v) is 6.96. The molecule has 1 heterocycles. The summed E-state index contributed by atoms with van der Waals surface area (Å²) < 4.78 is 5.30. The number of nitrogens with zero attached hydrogens (tertiary/aromatic N) is 3. The standard InChI is InChI=1S/C22H20N4O2S/c1-15-8-10-17(11-9-15)21(27)28-13-12-24-20-18(14-23)19(25-22(26-20)29-2)16-6-4-3-5-7-16/h3-11H,12-13H2,1-2H3,(H,24,25,26). The lowest BCUT2D eigenvalue weighted by Crippen LogP contribution is -2.16. The Balaban J connectivity index is 1.71. The van der Waals surface area contributed by atoms with Crippen molar-refractivity contribution in [2.45, 2.75) is 12.1 Å². The third kappa shape index (κ3) is 5.12. The summed E-state index contributed by atoms with van der Waals surface area (Å²) in [6, 6.07) is 18.9. The molecule has 7 heteroatoms. The van der Waals surface area contributed by atoms with Crippen LogP contribution in [0.4, 0.5) is 5.82 Å². The number of aryl methyl sites for hydroxylation is 1. The van der Waals surface area contributed by atoms with Crippen LogP contribution in [0.2, 0.25) is 0 Å². The first-order valence-corrected chi connectivity index (χ1v) is 10.2. The molecule has 3 rings (SSSR count). The topological polar surface area (TPSA) is 87.9 Å². The highest BCUT2D eigenvalue weighted by molar-refractivity contribution is 7.98. The van der Waals surface area contributed by atoms with E-state index in [9.17, 15) is 10.1 Å². The van der Waals surface area contributed by atoms with Gasteiger partial charge in [0.2, 0.25) is 0 Å². The maximum Gasteiger partial charge on any atom is 0.338 e. The molecule has 0 saturated carbocycles. The van der Waals surface area contributed by atoms with Gasteiger partial charge in [-0.05, 0) is 25.3 Å². The smallest absolute Gasteiger partial charge is 0.338 e. The van der Waals surface area contributed by atoms with Crippen LogP contribution in [-0.2, 0) is 4.74 Å². The second-order valence-electron chi connectivity index (χ2n) is 6.19. The van der Waals surface area contributed by atoms with Crippen molar-refractivity contribution in [1.29, 1.82) is 5.26 Å². The van der Waals surface area contributed by atoms with Gasteiger partial charge in [-0.1, -0.05) is 59.8 Å². The summed E-state index contributed by atoms with van der Waals surface area (Å²) in [6.45, 7) is 2.43. The van der Waals surface area contributed by atoms with Crippen LogP contribution in [0, 0.1) is 18.3 Å². The maximum absolute atomic E-state index is 12.1. The van der Waals surface area contributed by atoms with Gasteiger partial charge in [-0.15, -0.1) is 0 Å². The van der Waals surface area contributed by atoms with Crippen LogP contribution in [-0.4, -0.2) is 35.3 Å². The molecule has 0 aliphatic heterocycles. The average Bonchev–Trinajstić information content (AvgIpc) is 2.77. The first-order valence-electron chi connectivity index (χ1n) is 9.01. The Kier molecular flexibility index (Phi) is 6.82. The molecule has 1 aromatic heterocycles. The zero-order valence-electron chi connectivity index (χ0n) is 16.2. The number of esters is 1. The minimum atomic E-state index is -0.384. The molecular formula is C22H20N4O2S. The van der Waals surface area contributed by atoms with E-state index >= 15 is 0 Å². The fourth-order valence-electron chi connectivity index (χ4n) is 2.66. The fourth-order valence-corrected chi connectivity index (χ4v) is 3.02. The molecule has 0 atom stereocenters. The lowest BCUT2D eigenvalue weighted by Gasteiger charge is -2.12. The molecule has 0 fully saturated rings. The minimum absolute atomic E-state index is 0.150. The lowest BCUT2D eigenvalue weighted by atomic mass is 10.1. The third-order valence-corrected chi connectivity index (χ3v) is 4.69. The molecule has 29 heavy (non-hydrogen) atoms. The largest absolute Gasteiger partial charge is 0.460 e. The van der Waals surface area contributed by atoms with E-state index in [0.29, 0.717) is 34.3 Å². The van der Waals surface area contributed by atoms with E-state index in [2.05, 4.69) is 21.4 Å². The molecule has 0 spiro atoms. The van der Waals surface area contributed by atoms with Crippen molar-refractivity contribution in [1.82, 2.24) is 9.97 Å². The Hall–Kier alpha value is -3.37. The number of carbonyl (C=O) groups is 1. The summed E-state index contributed by atoms with van der Waals surface area (Å²) in [5, 5.41) is 13.3. The second kappa shape index (κ2) is 9.71. The molecule has 6 nitrogen and oxygen atoms in total. The summed E-state index contributed by atoms with van der Waals surface area (Å²) in [4.78, 5) is 21.0. The number of aromatic nitrogens is 2. The van der Waals surface area contributed by atoms with E-state index in [1.807, 2.05) is 55.6 Å². The number of carbonyl (C=O) groups excluding carboxylic acids is 1. The first kappa shape index (κ1) is 20.4. The highest BCUT2D eigenvalue weighted by Gasteiger charge is 2.16. The number of hydrogen-bond donors (Lipinski definition) is 1. The monoisotopic (exact) mass is 404 g/mol. The molecule has 0 radical (unpaired) electrons. The Morgan fingerprint density at radius 3 is 2.52 bits per heavy atom. The van der Waals surface area contributed by atoms with Crippen LogP contribution >= 0.6 is 11.8 Å². The molecule has 3 aromatic rings. The van der Waals surface area contributed by atoms with Crippen LogP contribution in [0.15, 0.2) is 59.8 Å². The van der Waals surface area contributed by atoms with Gasteiger partial charge in [0.25, 0.3) is 0 Å². The third-order valence-electron chi connectivity index (χ3n) is 4.15. The number of thioether (sulfide) groups is 1. The molecule has 146 valence electrons. The van der Waals surface area contributed by atoms with Crippen molar-refractivity contribution in [3.63, 3.8) is 0 Å². The van der Waals surface area contributed by atoms with Gasteiger partial charge >= 0.3 is 5.97 Å². The number of rotatable bonds is 7. The quantitative estimate of drug-likeness (QED) is 0.272. The number of ether oxygens (including phenoxy) is 1. The summed E-state index contributed by atoms with van der Waals surface area (Å²) in [6.07, 6.45) is 1.88. The van der Waals surface area contributed by atoms with Crippen molar-refractivity contribution >= 4 is 23.5 Å². The van der Waals surface area contributed by atoms with E-state index in [1.165, 1.54) is 11.8 Å². The zero-order chi connectivity index (χ0) is 20.6. The van der Waals surface area contributed by atoms with Crippen molar-refractivity contribution < 1.29 is 9.53 Å². The van der Waals surface area contributed by atoms with E-state index in [4.69, 9.17) is 4.74 Å². The van der Waals surface area contributed by atoms with Crippen molar-refractivity contribution in [3.05, 3.63) is 71.3 Å².